The number of hydrogen-bond donors (Lipinski definition) is 1. The fourth-order valence-electron chi connectivity index (χ4n) is 3.02. The molecule has 0 atom stereocenters. The van der Waals surface area contributed by atoms with Crippen molar-refractivity contribution in [1.29, 1.82) is 0 Å². The topological polar surface area (TPSA) is 38.3 Å². The van der Waals surface area contributed by atoms with Gasteiger partial charge in [0.05, 0.1) is 6.10 Å². The van der Waals surface area contributed by atoms with E-state index in [4.69, 9.17) is 4.74 Å². The van der Waals surface area contributed by atoms with Crippen molar-refractivity contribution < 1.29 is 9.53 Å². The van der Waals surface area contributed by atoms with Crippen LogP contribution < -0.4 is 5.32 Å². The number of fused-ring (bicyclic) bond motifs is 3. The van der Waals surface area contributed by atoms with E-state index in [1.807, 2.05) is 13.8 Å². The van der Waals surface area contributed by atoms with Gasteiger partial charge in [-0.1, -0.05) is 6.92 Å². The lowest BCUT2D eigenvalue weighted by Gasteiger charge is -2.52. The summed E-state index contributed by atoms with van der Waals surface area (Å²) >= 11 is 0. The lowest BCUT2D eigenvalue weighted by atomic mass is 9.58. The van der Waals surface area contributed by atoms with Crippen molar-refractivity contribution in [3.8, 4) is 0 Å². The van der Waals surface area contributed by atoms with Crippen LogP contribution in [0.15, 0.2) is 0 Å². The van der Waals surface area contributed by atoms with E-state index in [9.17, 15) is 4.79 Å². The molecule has 3 aliphatic carbocycles. The second-order valence-electron chi connectivity index (χ2n) is 6.17. The third-order valence-electron chi connectivity index (χ3n) is 4.33. The summed E-state index contributed by atoms with van der Waals surface area (Å²) in [5.74, 6) is 0. The highest BCUT2D eigenvalue weighted by molar-refractivity contribution is 5.68. The quantitative estimate of drug-likeness (QED) is 0.783. The Labute approximate surface area is 97.9 Å². The number of ether oxygens (including phenoxy) is 1. The van der Waals surface area contributed by atoms with E-state index in [0.717, 1.165) is 19.3 Å². The highest BCUT2D eigenvalue weighted by atomic mass is 16.6. The van der Waals surface area contributed by atoms with Gasteiger partial charge in [-0.3, -0.25) is 0 Å². The highest BCUT2D eigenvalue weighted by Gasteiger charge is 2.47. The monoisotopic (exact) mass is 225 g/mol. The number of amides is 1. The van der Waals surface area contributed by atoms with Crippen LogP contribution in [0.25, 0.3) is 0 Å². The number of nitrogens with one attached hydrogen (secondary N) is 1. The van der Waals surface area contributed by atoms with Crippen LogP contribution in [0.1, 0.15) is 59.3 Å². The van der Waals surface area contributed by atoms with Crippen molar-refractivity contribution >= 4 is 6.09 Å². The van der Waals surface area contributed by atoms with Crippen LogP contribution in [0.5, 0.6) is 0 Å². The van der Waals surface area contributed by atoms with E-state index in [-0.39, 0.29) is 17.7 Å². The maximum atomic E-state index is 11.6. The van der Waals surface area contributed by atoms with Crippen LogP contribution in [0.3, 0.4) is 0 Å². The van der Waals surface area contributed by atoms with Crippen LogP contribution in [0, 0.1) is 5.41 Å². The normalized spacial score (nSPS) is 37.5. The van der Waals surface area contributed by atoms with Gasteiger partial charge in [0, 0.05) is 5.54 Å². The number of alkyl carbamates (subject to hydrolysis) is 1. The first kappa shape index (κ1) is 11.7. The molecule has 3 heteroatoms. The largest absolute Gasteiger partial charge is 0.447 e. The zero-order chi connectivity index (χ0) is 11.8. The Morgan fingerprint density at radius 1 is 1.12 bits per heavy atom. The predicted octanol–water partition coefficient (Wildman–Crippen LogP) is 3.23. The Kier molecular flexibility index (Phi) is 2.89. The third kappa shape index (κ3) is 2.33. The molecule has 1 amide bonds. The van der Waals surface area contributed by atoms with Crippen LogP contribution in [-0.4, -0.2) is 17.7 Å². The first-order valence-corrected chi connectivity index (χ1v) is 6.42. The number of hydrogen-bond acceptors (Lipinski definition) is 2. The van der Waals surface area contributed by atoms with Crippen molar-refractivity contribution in [3.05, 3.63) is 0 Å². The Hall–Kier alpha value is -0.730. The summed E-state index contributed by atoms with van der Waals surface area (Å²) in [5.41, 5.74) is 0.592. The van der Waals surface area contributed by atoms with Gasteiger partial charge >= 0.3 is 6.09 Å². The minimum atomic E-state index is -0.236. The minimum absolute atomic E-state index is 0.0335. The molecule has 3 rings (SSSR count). The van der Waals surface area contributed by atoms with Crippen LogP contribution in [0.4, 0.5) is 4.79 Å². The average molecular weight is 225 g/mol. The molecule has 16 heavy (non-hydrogen) atoms. The van der Waals surface area contributed by atoms with Crippen molar-refractivity contribution in [2.24, 2.45) is 5.41 Å². The standard InChI is InChI=1S/C13H23NO2/c1-10(2)16-11(15)14-13-7-4-12(3,5-8-13)6-9-13/h10H,4-9H2,1-3H3,(H,14,15). The first-order chi connectivity index (χ1) is 7.43. The Morgan fingerprint density at radius 3 is 2.06 bits per heavy atom. The fourth-order valence-corrected chi connectivity index (χ4v) is 3.02. The zero-order valence-corrected chi connectivity index (χ0v) is 10.6. The molecule has 3 saturated carbocycles. The molecular weight excluding hydrogens is 202 g/mol. The summed E-state index contributed by atoms with van der Waals surface area (Å²) in [4.78, 5) is 11.6. The first-order valence-electron chi connectivity index (χ1n) is 6.42. The van der Waals surface area contributed by atoms with Gasteiger partial charge in [-0.05, 0) is 57.8 Å². The number of rotatable bonds is 2. The molecule has 0 radical (unpaired) electrons. The molecule has 92 valence electrons. The van der Waals surface area contributed by atoms with Gasteiger partial charge in [-0.25, -0.2) is 4.79 Å². The Morgan fingerprint density at radius 2 is 1.62 bits per heavy atom. The lowest BCUT2D eigenvalue weighted by Crippen LogP contribution is -2.56. The molecule has 0 aromatic heterocycles. The molecule has 3 aliphatic rings. The summed E-state index contributed by atoms with van der Waals surface area (Å²) in [6.07, 6.45) is 6.83. The van der Waals surface area contributed by atoms with Crippen molar-refractivity contribution in [3.63, 3.8) is 0 Å². The maximum Gasteiger partial charge on any atom is 0.407 e. The second-order valence-corrected chi connectivity index (χ2v) is 6.17. The summed E-state index contributed by atoms with van der Waals surface area (Å²) in [6.45, 7) is 6.15. The minimum Gasteiger partial charge on any atom is -0.447 e. The summed E-state index contributed by atoms with van der Waals surface area (Å²) in [5, 5.41) is 3.11. The van der Waals surface area contributed by atoms with Crippen LogP contribution in [-0.2, 0) is 4.74 Å². The molecule has 0 saturated heterocycles. The lowest BCUT2D eigenvalue weighted by molar-refractivity contribution is 0.0284. The third-order valence-corrected chi connectivity index (χ3v) is 4.33. The van der Waals surface area contributed by atoms with E-state index < -0.39 is 0 Å². The zero-order valence-electron chi connectivity index (χ0n) is 10.6. The van der Waals surface area contributed by atoms with Gasteiger partial charge < -0.3 is 10.1 Å². The molecule has 3 fully saturated rings. The van der Waals surface area contributed by atoms with Gasteiger partial charge in [0.2, 0.25) is 0 Å². The van der Waals surface area contributed by atoms with Crippen LogP contribution in [0.2, 0.25) is 0 Å². The molecule has 0 unspecified atom stereocenters. The molecule has 0 aromatic carbocycles. The second kappa shape index (κ2) is 3.94. The maximum absolute atomic E-state index is 11.6. The summed E-state index contributed by atoms with van der Waals surface area (Å²) in [7, 11) is 0. The number of carbonyl (C=O) groups excluding carboxylic acids is 1. The molecule has 1 N–H and O–H groups in total. The number of carbonyl (C=O) groups is 1. The van der Waals surface area contributed by atoms with Crippen molar-refractivity contribution in [1.82, 2.24) is 5.32 Å². The van der Waals surface area contributed by atoms with E-state index in [1.165, 1.54) is 19.3 Å². The Bertz CT molecular complexity index is 261. The van der Waals surface area contributed by atoms with Gasteiger partial charge in [-0.15, -0.1) is 0 Å². The van der Waals surface area contributed by atoms with E-state index >= 15 is 0 Å². The Balaban J connectivity index is 1.92. The summed E-state index contributed by atoms with van der Waals surface area (Å²) < 4.78 is 5.17. The van der Waals surface area contributed by atoms with E-state index in [1.54, 1.807) is 0 Å². The predicted molar refractivity (Wildman–Crippen MR) is 63.3 cm³/mol. The van der Waals surface area contributed by atoms with E-state index in [0.29, 0.717) is 5.41 Å². The van der Waals surface area contributed by atoms with Crippen LogP contribution >= 0.6 is 0 Å². The van der Waals surface area contributed by atoms with Crippen molar-refractivity contribution in [2.75, 3.05) is 0 Å². The fraction of sp³-hybridized carbons (Fsp3) is 0.923. The molecule has 2 bridgehead atoms. The molecule has 0 spiro atoms. The van der Waals surface area contributed by atoms with Gasteiger partial charge in [0.25, 0.3) is 0 Å². The molecule has 0 aromatic rings. The average Bonchev–Trinajstić information content (AvgIpc) is 2.19. The smallest absolute Gasteiger partial charge is 0.407 e. The van der Waals surface area contributed by atoms with Gasteiger partial charge in [0.15, 0.2) is 0 Å². The van der Waals surface area contributed by atoms with Gasteiger partial charge in [0.1, 0.15) is 0 Å². The highest BCUT2D eigenvalue weighted by Crippen LogP contribution is 2.51. The SMILES string of the molecule is CC(C)OC(=O)NC12CCC(C)(CC1)CC2. The van der Waals surface area contributed by atoms with E-state index in [2.05, 4.69) is 12.2 Å². The molecule has 3 nitrogen and oxygen atoms in total. The van der Waals surface area contributed by atoms with Gasteiger partial charge in [-0.2, -0.15) is 0 Å². The molecular formula is C13H23NO2. The molecule has 0 aliphatic heterocycles. The molecule has 0 heterocycles. The van der Waals surface area contributed by atoms with Crippen molar-refractivity contribution in [2.45, 2.75) is 70.9 Å². The summed E-state index contributed by atoms with van der Waals surface area (Å²) in [6, 6.07) is 0.